The van der Waals surface area contributed by atoms with Gasteiger partial charge in [0.1, 0.15) is 0 Å². The molecular weight excluding hydrogens is 248 g/mol. The van der Waals surface area contributed by atoms with Crippen molar-refractivity contribution in [3.63, 3.8) is 0 Å². The van der Waals surface area contributed by atoms with E-state index in [0.29, 0.717) is 6.42 Å². The van der Waals surface area contributed by atoms with E-state index in [-0.39, 0.29) is 16.9 Å². The predicted molar refractivity (Wildman–Crippen MR) is 84.4 cm³/mol. The van der Waals surface area contributed by atoms with Crippen LogP contribution in [0.3, 0.4) is 0 Å². The van der Waals surface area contributed by atoms with E-state index in [4.69, 9.17) is 5.73 Å². The number of likely N-dealkylation sites (N-methyl/N-ethyl adjacent to an activating group) is 1. The maximum absolute atomic E-state index is 12.5. The second-order valence-corrected chi connectivity index (χ2v) is 7.00. The van der Waals surface area contributed by atoms with Gasteiger partial charge < -0.3 is 10.6 Å². The van der Waals surface area contributed by atoms with Crippen molar-refractivity contribution < 1.29 is 4.79 Å². The molecule has 0 saturated heterocycles. The second kappa shape index (κ2) is 5.96. The summed E-state index contributed by atoms with van der Waals surface area (Å²) in [6.45, 7) is 10.6. The van der Waals surface area contributed by atoms with Crippen molar-refractivity contribution in [2.24, 2.45) is 11.1 Å². The quantitative estimate of drug-likeness (QED) is 0.919. The molecule has 0 saturated carbocycles. The third-order valence-electron chi connectivity index (χ3n) is 4.62. The van der Waals surface area contributed by atoms with E-state index < -0.39 is 6.04 Å². The molecule has 0 aromatic heterocycles. The second-order valence-electron chi connectivity index (χ2n) is 7.00. The Morgan fingerprint density at radius 1 is 1.15 bits per heavy atom. The van der Waals surface area contributed by atoms with Crippen LogP contribution in [0.1, 0.15) is 40.2 Å². The first-order chi connectivity index (χ1) is 9.07. The highest BCUT2D eigenvalue weighted by molar-refractivity contribution is 5.82. The van der Waals surface area contributed by atoms with E-state index in [2.05, 4.69) is 34.6 Å². The highest BCUT2D eigenvalue weighted by atomic mass is 16.2. The highest BCUT2D eigenvalue weighted by Crippen LogP contribution is 2.34. The average Bonchev–Trinajstić information content (AvgIpc) is 2.36. The van der Waals surface area contributed by atoms with Gasteiger partial charge in [-0.2, -0.15) is 0 Å². The fourth-order valence-electron chi connectivity index (χ4n) is 1.98. The molecule has 0 aliphatic heterocycles. The molecule has 0 aliphatic carbocycles. The lowest BCUT2D eigenvalue weighted by Gasteiger charge is -2.46. The Morgan fingerprint density at radius 3 is 2.10 bits per heavy atom. The minimum absolute atomic E-state index is 0.00576. The molecule has 0 aliphatic rings. The molecule has 1 unspecified atom stereocenters. The van der Waals surface area contributed by atoms with E-state index in [1.54, 1.807) is 4.90 Å². The van der Waals surface area contributed by atoms with Crippen LogP contribution in [0.15, 0.2) is 30.3 Å². The number of nitrogens with zero attached hydrogens (tertiary/aromatic N) is 1. The van der Waals surface area contributed by atoms with Crippen molar-refractivity contribution in [1.82, 2.24) is 4.90 Å². The lowest BCUT2D eigenvalue weighted by Crippen LogP contribution is -2.57. The lowest BCUT2D eigenvalue weighted by molar-refractivity contribution is -0.139. The van der Waals surface area contributed by atoms with Gasteiger partial charge in [0.2, 0.25) is 5.91 Å². The first-order valence-corrected chi connectivity index (χ1v) is 7.14. The smallest absolute Gasteiger partial charge is 0.240 e. The largest absolute Gasteiger partial charge is 0.339 e. The van der Waals surface area contributed by atoms with Crippen LogP contribution in [0.5, 0.6) is 0 Å². The maximum atomic E-state index is 12.5. The molecule has 0 fully saturated rings. The number of hydrogen-bond donors (Lipinski definition) is 1. The van der Waals surface area contributed by atoms with Gasteiger partial charge in [-0.15, -0.1) is 0 Å². The number of hydrogen-bond acceptors (Lipinski definition) is 2. The molecule has 1 aromatic carbocycles. The molecule has 0 bridgehead atoms. The average molecular weight is 276 g/mol. The summed E-state index contributed by atoms with van der Waals surface area (Å²) in [6.07, 6.45) is 0.574. The first kappa shape index (κ1) is 16.7. The van der Waals surface area contributed by atoms with Crippen LogP contribution in [0.25, 0.3) is 0 Å². The molecular formula is C17H28N2O. The lowest BCUT2D eigenvalue weighted by atomic mass is 9.75. The summed E-state index contributed by atoms with van der Waals surface area (Å²) >= 11 is 0. The van der Waals surface area contributed by atoms with Crippen LogP contribution in [0, 0.1) is 5.41 Å². The minimum Gasteiger partial charge on any atom is -0.339 e. The Bertz CT molecular complexity index is 446. The van der Waals surface area contributed by atoms with Crippen molar-refractivity contribution in [2.75, 3.05) is 7.05 Å². The molecule has 112 valence electrons. The number of nitrogens with two attached hydrogens (primary N) is 1. The number of rotatable bonds is 4. The summed E-state index contributed by atoms with van der Waals surface area (Å²) in [7, 11) is 1.85. The van der Waals surface area contributed by atoms with Crippen molar-refractivity contribution in [3.05, 3.63) is 35.9 Å². The van der Waals surface area contributed by atoms with Crippen LogP contribution < -0.4 is 5.73 Å². The molecule has 1 atom stereocenters. The molecule has 3 nitrogen and oxygen atoms in total. The summed E-state index contributed by atoms with van der Waals surface area (Å²) in [6, 6.07) is 9.41. The molecule has 1 rings (SSSR count). The Labute approximate surface area is 123 Å². The number of carbonyl (C=O) groups is 1. The van der Waals surface area contributed by atoms with Crippen LogP contribution >= 0.6 is 0 Å². The Hall–Kier alpha value is -1.35. The van der Waals surface area contributed by atoms with E-state index in [9.17, 15) is 4.79 Å². The highest BCUT2D eigenvalue weighted by Gasteiger charge is 2.39. The molecule has 0 heterocycles. The van der Waals surface area contributed by atoms with Crippen LogP contribution in [-0.4, -0.2) is 29.4 Å². The monoisotopic (exact) mass is 276 g/mol. The third kappa shape index (κ3) is 3.60. The van der Waals surface area contributed by atoms with Gasteiger partial charge in [0.05, 0.1) is 6.04 Å². The number of benzene rings is 1. The molecule has 0 radical (unpaired) electrons. The fourth-order valence-corrected chi connectivity index (χ4v) is 1.98. The van der Waals surface area contributed by atoms with Gasteiger partial charge in [-0.25, -0.2) is 0 Å². The van der Waals surface area contributed by atoms with Crippen molar-refractivity contribution in [2.45, 2.75) is 52.6 Å². The van der Waals surface area contributed by atoms with Crippen molar-refractivity contribution in [1.29, 1.82) is 0 Å². The predicted octanol–water partition coefficient (Wildman–Crippen LogP) is 2.84. The Kier molecular flexibility index (Phi) is 4.98. The zero-order valence-electron chi connectivity index (χ0n) is 13.6. The molecule has 0 spiro atoms. The van der Waals surface area contributed by atoms with Gasteiger partial charge in [-0.3, -0.25) is 4.79 Å². The van der Waals surface area contributed by atoms with E-state index >= 15 is 0 Å². The Morgan fingerprint density at radius 2 is 1.65 bits per heavy atom. The normalized spacial score (nSPS) is 13.9. The van der Waals surface area contributed by atoms with Gasteiger partial charge in [-0.1, -0.05) is 51.1 Å². The zero-order valence-corrected chi connectivity index (χ0v) is 13.6. The van der Waals surface area contributed by atoms with E-state index in [1.165, 1.54) is 0 Å². The van der Waals surface area contributed by atoms with Crippen molar-refractivity contribution >= 4 is 5.91 Å². The summed E-state index contributed by atoms with van der Waals surface area (Å²) in [4.78, 5) is 14.3. The summed E-state index contributed by atoms with van der Waals surface area (Å²) in [5.41, 5.74) is 6.93. The molecule has 1 amide bonds. The first-order valence-electron chi connectivity index (χ1n) is 7.14. The maximum Gasteiger partial charge on any atom is 0.240 e. The van der Waals surface area contributed by atoms with Gasteiger partial charge in [0, 0.05) is 12.6 Å². The van der Waals surface area contributed by atoms with Crippen LogP contribution in [0.4, 0.5) is 0 Å². The van der Waals surface area contributed by atoms with E-state index in [0.717, 1.165) is 5.56 Å². The molecule has 1 aromatic rings. The standard InChI is InChI=1S/C17H28N2O/c1-16(2,3)17(4,5)19(6)15(20)14(18)12-13-10-8-7-9-11-13/h7-11,14H,12,18H2,1-6H3. The summed E-state index contributed by atoms with van der Waals surface area (Å²) < 4.78 is 0. The van der Waals surface area contributed by atoms with Gasteiger partial charge in [0.15, 0.2) is 0 Å². The molecule has 2 N–H and O–H groups in total. The SMILES string of the molecule is CN(C(=O)C(N)Cc1ccccc1)C(C)(C)C(C)(C)C. The van der Waals surface area contributed by atoms with Gasteiger partial charge in [0.25, 0.3) is 0 Å². The topological polar surface area (TPSA) is 46.3 Å². The number of amides is 1. The molecule has 20 heavy (non-hydrogen) atoms. The van der Waals surface area contributed by atoms with Crippen LogP contribution in [-0.2, 0) is 11.2 Å². The third-order valence-corrected chi connectivity index (χ3v) is 4.62. The Balaban J connectivity index is 2.79. The number of carbonyl (C=O) groups excluding carboxylic acids is 1. The molecule has 3 heteroatoms. The van der Waals surface area contributed by atoms with Gasteiger partial charge in [-0.05, 0) is 31.2 Å². The fraction of sp³-hybridized carbons (Fsp3) is 0.588. The minimum atomic E-state index is -0.496. The van der Waals surface area contributed by atoms with Crippen molar-refractivity contribution in [3.8, 4) is 0 Å². The van der Waals surface area contributed by atoms with E-state index in [1.807, 2.05) is 37.4 Å². The van der Waals surface area contributed by atoms with Crippen LogP contribution in [0.2, 0.25) is 0 Å². The summed E-state index contributed by atoms with van der Waals surface area (Å²) in [5, 5.41) is 0. The zero-order chi connectivity index (χ0) is 15.6. The summed E-state index contributed by atoms with van der Waals surface area (Å²) in [5.74, 6) is -0.00576. The van der Waals surface area contributed by atoms with Gasteiger partial charge >= 0.3 is 0 Å².